The number of anilines is 1. The van der Waals surface area contributed by atoms with Crippen LogP contribution in [0.4, 0.5) is 10.5 Å². The Labute approximate surface area is 134 Å². The quantitative estimate of drug-likeness (QED) is 0.657. The normalized spacial score (nSPS) is 11.6. The zero-order valence-electron chi connectivity index (χ0n) is 12.8. The molecule has 0 bridgehead atoms. The molecular formula is C17H20N2O4. The number of ether oxygens (including phenoxy) is 1. The number of phenolic OH excluding ortho intramolecular Hbond substituents is 1. The fourth-order valence-corrected chi connectivity index (χ4v) is 2.17. The zero-order valence-corrected chi connectivity index (χ0v) is 12.8. The number of para-hydroxylation sites is 2. The Morgan fingerprint density at radius 3 is 2.52 bits per heavy atom. The van der Waals surface area contributed by atoms with Gasteiger partial charge in [0.25, 0.3) is 0 Å². The molecule has 6 heteroatoms. The zero-order chi connectivity index (χ0) is 16.7. The number of carbonyl (C=O) groups excluding carboxylic acids is 1. The molecule has 0 unspecified atom stereocenters. The summed E-state index contributed by atoms with van der Waals surface area (Å²) < 4.78 is 5.17. The Hall–Kier alpha value is -2.73. The molecule has 2 amide bonds. The number of aromatic hydroxyl groups is 1. The predicted octanol–water partition coefficient (Wildman–Crippen LogP) is 2.13. The smallest absolute Gasteiger partial charge is 0.319 e. The van der Waals surface area contributed by atoms with Gasteiger partial charge in [0.2, 0.25) is 0 Å². The van der Waals surface area contributed by atoms with E-state index >= 15 is 0 Å². The summed E-state index contributed by atoms with van der Waals surface area (Å²) in [7, 11) is 1.53. The van der Waals surface area contributed by atoms with Crippen LogP contribution in [0.1, 0.15) is 5.56 Å². The van der Waals surface area contributed by atoms with Gasteiger partial charge < -0.3 is 25.6 Å². The minimum Gasteiger partial charge on any atom is -0.508 e. The maximum atomic E-state index is 12.1. The first kappa shape index (κ1) is 16.6. The highest BCUT2D eigenvalue weighted by Crippen LogP contribution is 2.22. The molecular weight excluding hydrogens is 296 g/mol. The van der Waals surface area contributed by atoms with Crippen LogP contribution < -0.4 is 15.4 Å². The van der Waals surface area contributed by atoms with Crippen molar-refractivity contribution >= 4 is 11.7 Å². The third kappa shape index (κ3) is 4.89. The molecule has 0 fully saturated rings. The molecule has 0 spiro atoms. The van der Waals surface area contributed by atoms with Gasteiger partial charge in [-0.1, -0.05) is 24.3 Å². The Bertz CT molecular complexity index is 643. The van der Waals surface area contributed by atoms with Crippen molar-refractivity contribution in [3.63, 3.8) is 0 Å². The van der Waals surface area contributed by atoms with Crippen LogP contribution in [0.3, 0.4) is 0 Å². The minimum absolute atomic E-state index is 0.177. The fraction of sp³-hybridized carbons (Fsp3) is 0.235. The van der Waals surface area contributed by atoms with Gasteiger partial charge in [-0.25, -0.2) is 4.79 Å². The number of aliphatic hydroxyl groups excluding tert-OH is 1. The summed E-state index contributed by atoms with van der Waals surface area (Å²) in [5, 5.41) is 24.1. The van der Waals surface area contributed by atoms with Crippen molar-refractivity contribution in [2.75, 3.05) is 19.0 Å². The molecule has 0 aliphatic heterocycles. The maximum Gasteiger partial charge on any atom is 0.319 e. The number of urea groups is 1. The van der Waals surface area contributed by atoms with Gasteiger partial charge >= 0.3 is 6.03 Å². The van der Waals surface area contributed by atoms with Crippen LogP contribution in [0.2, 0.25) is 0 Å². The van der Waals surface area contributed by atoms with Crippen molar-refractivity contribution in [3.05, 3.63) is 54.1 Å². The lowest BCUT2D eigenvalue weighted by atomic mass is 10.1. The number of nitrogens with one attached hydrogen (secondary N) is 2. The van der Waals surface area contributed by atoms with Crippen molar-refractivity contribution in [2.24, 2.45) is 0 Å². The molecule has 6 nitrogen and oxygen atoms in total. The molecule has 2 rings (SSSR count). The second kappa shape index (κ2) is 8.05. The van der Waals surface area contributed by atoms with Crippen molar-refractivity contribution in [3.8, 4) is 11.5 Å². The lowest BCUT2D eigenvalue weighted by Crippen LogP contribution is -2.41. The Morgan fingerprint density at radius 1 is 1.17 bits per heavy atom. The van der Waals surface area contributed by atoms with E-state index in [4.69, 9.17) is 4.74 Å². The third-order valence-corrected chi connectivity index (χ3v) is 3.33. The van der Waals surface area contributed by atoms with Gasteiger partial charge in [0.1, 0.15) is 11.5 Å². The van der Waals surface area contributed by atoms with Gasteiger partial charge in [0.05, 0.1) is 25.4 Å². The summed E-state index contributed by atoms with van der Waals surface area (Å²) in [6.45, 7) is -0.194. The summed E-state index contributed by atoms with van der Waals surface area (Å²) in [4.78, 5) is 12.1. The van der Waals surface area contributed by atoms with Crippen molar-refractivity contribution in [1.29, 1.82) is 0 Å². The number of carbonyl (C=O) groups is 1. The largest absolute Gasteiger partial charge is 0.508 e. The van der Waals surface area contributed by atoms with Gasteiger partial charge in [-0.2, -0.15) is 0 Å². The van der Waals surface area contributed by atoms with E-state index in [2.05, 4.69) is 10.6 Å². The van der Waals surface area contributed by atoms with E-state index in [1.165, 1.54) is 7.11 Å². The highest BCUT2D eigenvalue weighted by molar-refractivity contribution is 5.91. The Morgan fingerprint density at radius 2 is 1.87 bits per heavy atom. The molecule has 122 valence electrons. The number of hydrogen-bond acceptors (Lipinski definition) is 4. The highest BCUT2D eigenvalue weighted by Gasteiger charge is 2.13. The first-order valence-corrected chi connectivity index (χ1v) is 7.21. The van der Waals surface area contributed by atoms with Crippen LogP contribution in [-0.4, -0.2) is 36.0 Å². The lowest BCUT2D eigenvalue weighted by molar-refractivity contribution is 0.224. The van der Waals surface area contributed by atoms with Gasteiger partial charge in [-0.3, -0.25) is 0 Å². The number of aliphatic hydroxyl groups is 1. The van der Waals surface area contributed by atoms with Crippen LogP contribution in [0, 0.1) is 0 Å². The summed E-state index contributed by atoms with van der Waals surface area (Å²) in [6, 6.07) is 12.8. The van der Waals surface area contributed by atoms with E-state index < -0.39 is 12.1 Å². The predicted molar refractivity (Wildman–Crippen MR) is 87.8 cm³/mol. The SMILES string of the molecule is COc1ccccc1NC(=O)N[C@H](CO)Cc1ccc(O)cc1. The molecule has 0 heterocycles. The molecule has 2 aromatic carbocycles. The summed E-state index contributed by atoms with van der Waals surface area (Å²) >= 11 is 0. The van der Waals surface area contributed by atoms with E-state index in [9.17, 15) is 15.0 Å². The third-order valence-electron chi connectivity index (χ3n) is 3.33. The summed E-state index contributed by atoms with van der Waals surface area (Å²) in [5.74, 6) is 0.734. The number of amides is 2. The van der Waals surface area contributed by atoms with Gasteiger partial charge in [0.15, 0.2) is 0 Å². The molecule has 4 N–H and O–H groups in total. The van der Waals surface area contributed by atoms with Crippen molar-refractivity contribution < 1.29 is 19.7 Å². The minimum atomic E-state index is -0.436. The molecule has 0 aliphatic carbocycles. The lowest BCUT2D eigenvalue weighted by Gasteiger charge is -2.17. The van der Waals surface area contributed by atoms with E-state index in [0.717, 1.165) is 5.56 Å². The molecule has 0 saturated heterocycles. The van der Waals surface area contributed by atoms with E-state index in [1.54, 1.807) is 42.5 Å². The highest BCUT2D eigenvalue weighted by atomic mass is 16.5. The van der Waals surface area contributed by atoms with Crippen molar-refractivity contribution in [1.82, 2.24) is 5.32 Å². The molecule has 0 saturated carbocycles. The molecule has 23 heavy (non-hydrogen) atoms. The van der Waals surface area contributed by atoms with Gasteiger partial charge in [-0.05, 0) is 36.2 Å². The van der Waals surface area contributed by atoms with Crippen LogP contribution in [-0.2, 0) is 6.42 Å². The second-order valence-corrected chi connectivity index (χ2v) is 5.05. The Kier molecular flexibility index (Phi) is 5.82. The van der Waals surface area contributed by atoms with Crippen LogP contribution >= 0.6 is 0 Å². The molecule has 0 aromatic heterocycles. The molecule has 0 aliphatic rings. The second-order valence-electron chi connectivity index (χ2n) is 5.05. The first-order chi connectivity index (χ1) is 11.1. The van der Waals surface area contributed by atoms with E-state index in [1.807, 2.05) is 6.07 Å². The molecule has 0 radical (unpaired) electrons. The van der Waals surface area contributed by atoms with Crippen LogP contribution in [0.25, 0.3) is 0 Å². The van der Waals surface area contributed by atoms with Crippen molar-refractivity contribution in [2.45, 2.75) is 12.5 Å². The van der Waals surface area contributed by atoms with Gasteiger partial charge in [0, 0.05) is 0 Å². The van der Waals surface area contributed by atoms with Gasteiger partial charge in [-0.15, -0.1) is 0 Å². The van der Waals surface area contributed by atoms with Crippen LogP contribution in [0.5, 0.6) is 11.5 Å². The summed E-state index contributed by atoms with van der Waals surface area (Å²) in [5.41, 5.74) is 1.45. The molecule has 2 aromatic rings. The number of rotatable bonds is 6. The number of benzene rings is 2. The topological polar surface area (TPSA) is 90.8 Å². The molecule has 1 atom stereocenters. The number of hydrogen-bond donors (Lipinski definition) is 4. The monoisotopic (exact) mass is 316 g/mol. The van der Waals surface area contributed by atoms with E-state index in [-0.39, 0.29) is 12.4 Å². The average Bonchev–Trinajstić information content (AvgIpc) is 2.56. The maximum absolute atomic E-state index is 12.1. The first-order valence-electron chi connectivity index (χ1n) is 7.21. The number of methoxy groups -OCH3 is 1. The summed E-state index contributed by atoms with van der Waals surface area (Å²) in [6.07, 6.45) is 0.454. The number of phenols is 1. The average molecular weight is 316 g/mol. The fourth-order valence-electron chi connectivity index (χ4n) is 2.17. The Balaban J connectivity index is 1.95. The van der Waals surface area contributed by atoms with E-state index in [0.29, 0.717) is 17.9 Å². The van der Waals surface area contributed by atoms with Crippen LogP contribution in [0.15, 0.2) is 48.5 Å². The standard InChI is InChI=1S/C17H20N2O4/c1-23-16-5-3-2-4-15(16)19-17(22)18-13(11-20)10-12-6-8-14(21)9-7-12/h2-9,13,20-21H,10-11H2,1H3,(H2,18,19,22)/t13-/m0/s1.